The first-order valence-electron chi connectivity index (χ1n) is 4.63. The zero-order valence-corrected chi connectivity index (χ0v) is 9.26. The number of amides is 2. The van der Waals surface area contributed by atoms with Crippen molar-refractivity contribution in [2.75, 3.05) is 0 Å². The van der Waals surface area contributed by atoms with Crippen LogP contribution in [0, 0.1) is 17.0 Å². The van der Waals surface area contributed by atoms with E-state index >= 15 is 0 Å². The molecule has 9 nitrogen and oxygen atoms in total. The van der Waals surface area contributed by atoms with Gasteiger partial charge in [0.25, 0.3) is 5.91 Å². The van der Waals surface area contributed by atoms with Gasteiger partial charge in [-0.25, -0.2) is 9.55 Å². The quantitative estimate of drug-likeness (QED) is 0.534. The zero-order valence-electron chi connectivity index (χ0n) is 9.26. The van der Waals surface area contributed by atoms with Gasteiger partial charge in [-0.05, 0) is 4.92 Å². The third-order valence-corrected chi connectivity index (χ3v) is 1.90. The van der Waals surface area contributed by atoms with Gasteiger partial charge in [-0.3, -0.25) is 20.4 Å². The number of nitrogens with one attached hydrogen (secondary N) is 2. The molecule has 0 radical (unpaired) electrons. The van der Waals surface area contributed by atoms with Gasteiger partial charge in [0.2, 0.25) is 5.91 Å². The second kappa shape index (κ2) is 5.05. The lowest BCUT2D eigenvalue weighted by Gasteiger charge is -2.05. The van der Waals surface area contributed by atoms with Crippen molar-refractivity contribution in [1.29, 1.82) is 0 Å². The Morgan fingerprint density at radius 2 is 2.18 bits per heavy atom. The number of carbonyl (C=O) groups excluding carboxylic acids is 2. The molecule has 0 aromatic carbocycles. The number of nitrogens with zero attached hydrogens (tertiary/aromatic N) is 3. The molecule has 0 saturated heterocycles. The minimum atomic E-state index is -0.633. The molecule has 0 bridgehead atoms. The van der Waals surface area contributed by atoms with Crippen LogP contribution in [0.1, 0.15) is 12.7 Å². The lowest BCUT2D eigenvalue weighted by atomic mass is 10.5. The van der Waals surface area contributed by atoms with Gasteiger partial charge in [0.05, 0.1) is 0 Å². The van der Waals surface area contributed by atoms with Crippen molar-refractivity contribution in [3.8, 4) is 0 Å². The topological polar surface area (TPSA) is 119 Å². The second-order valence-electron chi connectivity index (χ2n) is 3.24. The van der Waals surface area contributed by atoms with Crippen molar-refractivity contribution in [2.45, 2.75) is 20.4 Å². The summed E-state index contributed by atoms with van der Waals surface area (Å²) in [6.07, 6.45) is 1.07. The van der Waals surface area contributed by atoms with Gasteiger partial charge in [-0.2, -0.15) is 0 Å². The molecule has 1 rings (SSSR count). The molecule has 0 atom stereocenters. The van der Waals surface area contributed by atoms with Crippen LogP contribution in [0.15, 0.2) is 6.20 Å². The summed E-state index contributed by atoms with van der Waals surface area (Å²) in [4.78, 5) is 35.6. The minimum absolute atomic E-state index is 0.277. The number of hydrazine groups is 1. The fourth-order valence-electron chi connectivity index (χ4n) is 1.14. The molecule has 0 saturated carbocycles. The van der Waals surface area contributed by atoms with Crippen molar-refractivity contribution in [2.24, 2.45) is 0 Å². The third-order valence-electron chi connectivity index (χ3n) is 1.90. The maximum Gasteiger partial charge on any atom is 0.343 e. The average Bonchev–Trinajstić information content (AvgIpc) is 2.58. The van der Waals surface area contributed by atoms with E-state index in [1.165, 1.54) is 6.92 Å². The number of imidazole rings is 1. The predicted octanol–water partition coefficient (Wildman–Crippen LogP) is -0.733. The summed E-state index contributed by atoms with van der Waals surface area (Å²) in [7, 11) is 0. The van der Waals surface area contributed by atoms with Crippen molar-refractivity contribution < 1.29 is 14.5 Å². The molecule has 0 fully saturated rings. The first-order valence-corrected chi connectivity index (χ1v) is 4.63. The van der Waals surface area contributed by atoms with Crippen molar-refractivity contribution in [3.63, 3.8) is 0 Å². The summed E-state index contributed by atoms with van der Waals surface area (Å²) in [5.41, 5.74) is 4.19. The van der Waals surface area contributed by atoms with E-state index in [2.05, 4.69) is 15.8 Å². The summed E-state index contributed by atoms with van der Waals surface area (Å²) >= 11 is 0. The summed E-state index contributed by atoms with van der Waals surface area (Å²) in [6.45, 7) is 2.48. The van der Waals surface area contributed by atoms with Crippen LogP contribution in [-0.2, 0) is 16.1 Å². The molecule has 0 aliphatic rings. The third kappa shape index (κ3) is 3.26. The molecule has 0 unspecified atom stereocenters. The standard InChI is InChI=1S/C8H11N5O4/c1-5-9-3-8(13(16)17)12(5)4-7(15)11-10-6(2)14/h3H,4H2,1-2H3,(H,10,14)(H,11,15). The number of hydrogen-bond donors (Lipinski definition) is 2. The SMILES string of the molecule is CC(=O)NNC(=O)Cn1c([N+](=O)[O-])cnc1C. The summed E-state index contributed by atoms with van der Waals surface area (Å²) in [5.74, 6) is -0.949. The van der Waals surface area contributed by atoms with Gasteiger partial charge < -0.3 is 10.1 Å². The summed E-state index contributed by atoms with van der Waals surface area (Å²) < 4.78 is 1.14. The largest absolute Gasteiger partial charge is 0.358 e. The first kappa shape index (κ1) is 12.6. The molecule has 2 amide bonds. The second-order valence-corrected chi connectivity index (χ2v) is 3.24. The van der Waals surface area contributed by atoms with Gasteiger partial charge in [-0.15, -0.1) is 0 Å². The van der Waals surface area contributed by atoms with E-state index < -0.39 is 16.7 Å². The molecule has 1 aromatic rings. The fraction of sp³-hybridized carbons (Fsp3) is 0.375. The molecular weight excluding hydrogens is 230 g/mol. The Bertz CT molecular complexity index is 466. The molecule has 1 aromatic heterocycles. The Balaban J connectivity index is 2.74. The highest BCUT2D eigenvalue weighted by Gasteiger charge is 2.19. The maximum absolute atomic E-state index is 11.3. The number of aromatic nitrogens is 2. The van der Waals surface area contributed by atoms with Crippen LogP contribution in [0.2, 0.25) is 0 Å². The summed E-state index contributed by atoms with van der Waals surface area (Å²) in [6, 6.07) is 0. The van der Waals surface area contributed by atoms with Gasteiger partial charge in [0.15, 0.2) is 12.4 Å². The highest BCUT2D eigenvalue weighted by atomic mass is 16.6. The maximum atomic E-state index is 11.3. The van der Waals surface area contributed by atoms with E-state index in [1.54, 1.807) is 6.92 Å². The lowest BCUT2D eigenvalue weighted by molar-refractivity contribution is -0.392. The molecular formula is C8H11N5O4. The molecule has 2 N–H and O–H groups in total. The Morgan fingerprint density at radius 3 is 2.71 bits per heavy atom. The first-order chi connectivity index (χ1) is 7.91. The van der Waals surface area contributed by atoms with E-state index in [9.17, 15) is 19.7 Å². The summed E-state index contributed by atoms with van der Waals surface area (Å²) in [5, 5.41) is 10.6. The van der Waals surface area contributed by atoms with Crippen LogP contribution in [0.4, 0.5) is 5.82 Å². The molecule has 0 spiro atoms. The van der Waals surface area contributed by atoms with Gasteiger partial charge in [0, 0.05) is 13.8 Å². The van der Waals surface area contributed by atoms with Crippen LogP contribution < -0.4 is 10.9 Å². The van der Waals surface area contributed by atoms with Crippen LogP contribution >= 0.6 is 0 Å². The number of hydrogen-bond acceptors (Lipinski definition) is 5. The molecule has 0 aliphatic heterocycles. The van der Waals surface area contributed by atoms with Crippen LogP contribution in [-0.4, -0.2) is 26.3 Å². The van der Waals surface area contributed by atoms with Gasteiger partial charge in [0.1, 0.15) is 6.20 Å². The van der Waals surface area contributed by atoms with E-state index in [1.807, 2.05) is 0 Å². The Hall–Kier alpha value is -2.45. The average molecular weight is 241 g/mol. The smallest absolute Gasteiger partial charge is 0.343 e. The number of aryl methyl sites for hydroxylation is 1. The highest BCUT2D eigenvalue weighted by Crippen LogP contribution is 2.12. The minimum Gasteiger partial charge on any atom is -0.358 e. The number of rotatable bonds is 3. The number of nitro groups is 1. The zero-order chi connectivity index (χ0) is 13.0. The van der Waals surface area contributed by atoms with Crippen molar-refractivity contribution >= 4 is 17.6 Å². The van der Waals surface area contributed by atoms with Gasteiger partial charge in [-0.1, -0.05) is 0 Å². The van der Waals surface area contributed by atoms with Crippen molar-refractivity contribution in [3.05, 3.63) is 22.1 Å². The van der Waals surface area contributed by atoms with Crippen molar-refractivity contribution in [1.82, 2.24) is 20.4 Å². The Kier molecular flexibility index (Phi) is 3.75. The van der Waals surface area contributed by atoms with Crippen LogP contribution in [0.3, 0.4) is 0 Å². The normalized spacial score (nSPS) is 9.76. The Labute approximate surface area is 95.9 Å². The fourth-order valence-corrected chi connectivity index (χ4v) is 1.14. The predicted molar refractivity (Wildman–Crippen MR) is 55.6 cm³/mol. The van der Waals surface area contributed by atoms with E-state index in [-0.39, 0.29) is 12.4 Å². The van der Waals surface area contributed by atoms with E-state index in [4.69, 9.17) is 0 Å². The monoisotopic (exact) mass is 241 g/mol. The Morgan fingerprint density at radius 1 is 1.53 bits per heavy atom. The molecule has 17 heavy (non-hydrogen) atoms. The van der Waals surface area contributed by atoms with Crippen LogP contribution in [0.25, 0.3) is 0 Å². The molecule has 0 aliphatic carbocycles. The van der Waals surface area contributed by atoms with Gasteiger partial charge >= 0.3 is 5.82 Å². The molecule has 1 heterocycles. The van der Waals surface area contributed by atoms with E-state index in [0.29, 0.717) is 5.82 Å². The van der Waals surface area contributed by atoms with Crippen LogP contribution in [0.5, 0.6) is 0 Å². The van der Waals surface area contributed by atoms with E-state index in [0.717, 1.165) is 10.8 Å². The lowest BCUT2D eigenvalue weighted by Crippen LogP contribution is -2.42. The molecule has 9 heteroatoms. The molecule has 92 valence electrons. The highest BCUT2D eigenvalue weighted by molar-refractivity contribution is 5.80. The number of carbonyl (C=O) groups is 2.